The van der Waals surface area contributed by atoms with Gasteiger partial charge in [0.15, 0.2) is 5.16 Å². The van der Waals surface area contributed by atoms with Crippen LogP contribution in [0.1, 0.15) is 6.92 Å². The highest BCUT2D eigenvalue weighted by molar-refractivity contribution is 8.00. The number of imidazole rings is 1. The van der Waals surface area contributed by atoms with E-state index >= 15 is 0 Å². The van der Waals surface area contributed by atoms with Crippen molar-refractivity contribution < 1.29 is 17.9 Å². The minimum Gasteiger partial charge on any atom is -0.494 e. The Bertz CT molecular complexity index is 1390. The molecular weight excluding hydrogens is 482 g/mol. The normalized spacial score (nSPS) is 11.5. The van der Waals surface area contributed by atoms with Gasteiger partial charge in [-0.05, 0) is 67.6 Å². The Balaban J connectivity index is 1.58. The fourth-order valence-electron chi connectivity index (χ4n) is 3.15. The van der Waals surface area contributed by atoms with Crippen molar-refractivity contribution in [2.45, 2.75) is 17.0 Å². The third kappa shape index (κ3) is 5.16. The van der Waals surface area contributed by atoms with E-state index in [0.29, 0.717) is 34.1 Å². The summed E-state index contributed by atoms with van der Waals surface area (Å²) >= 11 is 6.96. The summed E-state index contributed by atoms with van der Waals surface area (Å²) in [6.07, 6.45) is 0. The van der Waals surface area contributed by atoms with Crippen molar-refractivity contribution in [1.82, 2.24) is 8.96 Å². The first-order valence-electron chi connectivity index (χ1n) is 10.0. The molecule has 7 nitrogen and oxygen atoms in total. The lowest BCUT2D eigenvalue weighted by Gasteiger charge is -2.11. The van der Waals surface area contributed by atoms with Gasteiger partial charge in [0.1, 0.15) is 5.75 Å². The van der Waals surface area contributed by atoms with Crippen molar-refractivity contribution in [2.24, 2.45) is 0 Å². The summed E-state index contributed by atoms with van der Waals surface area (Å²) in [7, 11) is -3.96. The zero-order valence-electron chi connectivity index (χ0n) is 17.6. The topological polar surface area (TPSA) is 90.3 Å². The second-order valence-corrected chi connectivity index (χ2v) is 10.1. The number of hydrogen-bond donors (Lipinski definition) is 1. The Hall–Kier alpha value is -3.01. The SMILES string of the molecule is CCOc1ccc(NC(=O)CSc2nc3ccccc3n2S(=O)(=O)c2ccc(Cl)cc2)cc1. The molecule has 1 amide bonds. The number of carbonyl (C=O) groups is 1. The number of rotatable bonds is 8. The molecule has 1 aromatic heterocycles. The number of carbonyl (C=O) groups excluding carboxylic acids is 1. The van der Waals surface area contributed by atoms with Crippen molar-refractivity contribution in [2.75, 3.05) is 17.7 Å². The number of benzene rings is 3. The molecule has 0 spiro atoms. The molecule has 0 aliphatic carbocycles. The molecule has 0 atom stereocenters. The lowest BCUT2D eigenvalue weighted by molar-refractivity contribution is -0.113. The summed E-state index contributed by atoms with van der Waals surface area (Å²) in [6, 6.07) is 19.9. The van der Waals surface area contributed by atoms with Gasteiger partial charge >= 0.3 is 0 Å². The molecule has 0 saturated heterocycles. The van der Waals surface area contributed by atoms with Crippen LogP contribution in [0.3, 0.4) is 0 Å². The first kappa shape index (κ1) is 23.2. The van der Waals surface area contributed by atoms with Crippen LogP contribution in [0, 0.1) is 0 Å². The van der Waals surface area contributed by atoms with Crippen LogP contribution < -0.4 is 10.1 Å². The average Bonchev–Trinajstić information content (AvgIpc) is 3.19. The van der Waals surface area contributed by atoms with Gasteiger partial charge in [-0.3, -0.25) is 4.79 Å². The molecule has 0 radical (unpaired) electrons. The quantitative estimate of drug-likeness (QED) is 0.339. The number of amides is 1. The monoisotopic (exact) mass is 501 g/mol. The van der Waals surface area contributed by atoms with Gasteiger partial charge in [0, 0.05) is 10.7 Å². The van der Waals surface area contributed by atoms with E-state index in [9.17, 15) is 13.2 Å². The average molecular weight is 502 g/mol. The van der Waals surface area contributed by atoms with E-state index in [1.807, 2.05) is 6.92 Å². The van der Waals surface area contributed by atoms with Crippen LogP contribution in [0.4, 0.5) is 5.69 Å². The smallest absolute Gasteiger partial charge is 0.270 e. The van der Waals surface area contributed by atoms with Gasteiger partial charge in [-0.1, -0.05) is 35.5 Å². The van der Waals surface area contributed by atoms with E-state index in [4.69, 9.17) is 16.3 Å². The Morgan fingerprint density at radius 3 is 2.45 bits per heavy atom. The fourth-order valence-corrected chi connectivity index (χ4v) is 5.79. The second-order valence-electron chi connectivity index (χ2n) is 6.90. The summed E-state index contributed by atoms with van der Waals surface area (Å²) in [4.78, 5) is 17.1. The number of para-hydroxylation sites is 2. The lowest BCUT2D eigenvalue weighted by Crippen LogP contribution is -2.17. The van der Waals surface area contributed by atoms with Gasteiger partial charge in [-0.25, -0.2) is 17.4 Å². The van der Waals surface area contributed by atoms with Crippen molar-refractivity contribution in [1.29, 1.82) is 0 Å². The van der Waals surface area contributed by atoms with E-state index in [-0.39, 0.29) is 21.7 Å². The highest BCUT2D eigenvalue weighted by Gasteiger charge is 2.25. The molecule has 1 N–H and O–H groups in total. The molecule has 0 saturated carbocycles. The Labute approximate surface area is 200 Å². The number of ether oxygens (including phenoxy) is 1. The predicted octanol–water partition coefficient (Wildman–Crippen LogP) is 5.06. The molecule has 170 valence electrons. The Morgan fingerprint density at radius 1 is 1.06 bits per heavy atom. The number of aromatic nitrogens is 2. The maximum atomic E-state index is 13.4. The zero-order valence-corrected chi connectivity index (χ0v) is 20.0. The van der Waals surface area contributed by atoms with Crippen LogP contribution in [-0.2, 0) is 14.8 Å². The Morgan fingerprint density at radius 2 is 1.76 bits per heavy atom. The van der Waals surface area contributed by atoms with Gasteiger partial charge in [0.05, 0.1) is 28.3 Å². The van der Waals surface area contributed by atoms with Crippen molar-refractivity contribution >= 4 is 56.0 Å². The number of hydrogen-bond acceptors (Lipinski definition) is 6. The van der Waals surface area contributed by atoms with Crippen molar-refractivity contribution in [3.05, 3.63) is 77.8 Å². The second kappa shape index (κ2) is 9.86. The van der Waals surface area contributed by atoms with Gasteiger partial charge < -0.3 is 10.1 Å². The summed E-state index contributed by atoms with van der Waals surface area (Å²) in [5.41, 5.74) is 1.57. The van der Waals surface area contributed by atoms with Gasteiger partial charge in [-0.2, -0.15) is 0 Å². The maximum Gasteiger partial charge on any atom is 0.270 e. The molecule has 4 aromatic rings. The first-order chi connectivity index (χ1) is 15.9. The van der Waals surface area contributed by atoms with Crippen LogP contribution in [0.2, 0.25) is 5.02 Å². The summed E-state index contributed by atoms with van der Waals surface area (Å²) < 4.78 is 33.4. The standard InChI is InChI=1S/C23H20ClN3O4S2/c1-2-31-18-11-9-17(10-12-18)25-22(28)15-32-23-26-20-5-3-4-6-21(20)27(23)33(29,30)19-13-7-16(24)8-14-19/h3-14H,2,15H2,1H3,(H,25,28). The maximum absolute atomic E-state index is 13.4. The minimum absolute atomic E-state index is 0.0212. The first-order valence-corrected chi connectivity index (χ1v) is 12.8. The van der Waals surface area contributed by atoms with Crippen LogP contribution in [-0.4, -0.2) is 35.6 Å². The van der Waals surface area contributed by atoms with E-state index < -0.39 is 10.0 Å². The number of fused-ring (bicyclic) bond motifs is 1. The third-order valence-electron chi connectivity index (χ3n) is 4.62. The van der Waals surface area contributed by atoms with Crippen LogP contribution in [0.15, 0.2) is 82.8 Å². The van der Waals surface area contributed by atoms with Gasteiger partial charge in [0.2, 0.25) is 5.91 Å². The number of nitrogens with zero attached hydrogens (tertiary/aromatic N) is 2. The molecule has 0 aliphatic rings. The molecule has 0 bridgehead atoms. The van der Waals surface area contributed by atoms with Gasteiger partial charge in [0.25, 0.3) is 10.0 Å². The highest BCUT2D eigenvalue weighted by Crippen LogP contribution is 2.29. The van der Waals surface area contributed by atoms with Crippen LogP contribution >= 0.6 is 23.4 Å². The zero-order chi connectivity index (χ0) is 23.4. The largest absolute Gasteiger partial charge is 0.494 e. The number of nitrogens with one attached hydrogen (secondary N) is 1. The molecule has 10 heteroatoms. The van der Waals surface area contributed by atoms with Gasteiger partial charge in [-0.15, -0.1) is 0 Å². The molecule has 0 aliphatic heterocycles. The van der Waals surface area contributed by atoms with Crippen LogP contribution in [0.25, 0.3) is 11.0 Å². The summed E-state index contributed by atoms with van der Waals surface area (Å²) in [5, 5.41) is 3.43. The van der Waals surface area contributed by atoms with E-state index in [1.54, 1.807) is 48.5 Å². The number of anilines is 1. The molecule has 4 rings (SSSR count). The molecule has 33 heavy (non-hydrogen) atoms. The molecular formula is C23H20ClN3O4S2. The van der Waals surface area contributed by atoms with Crippen LogP contribution in [0.5, 0.6) is 5.75 Å². The molecule has 0 fully saturated rings. The number of halogens is 1. The van der Waals surface area contributed by atoms with Crippen molar-refractivity contribution in [3.8, 4) is 5.75 Å². The third-order valence-corrected chi connectivity index (χ3v) is 7.65. The fraction of sp³-hybridized carbons (Fsp3) is 0.130. The summed E-state index contributed by atoms with van der Waals surface area (Å²) in [6.45, 7) is 2.45. The van der Waals surface area contributed by atoms with E-state index in [2.05, 4.69) is 10.3 Å². The summed E-state index contributed by atoms with van der Waals surface area (Å²) in [5.74, 6) is 0.407. The number of thioether (sulfide) groups is 1. The molecule has 0 unspecified atom stereocenters. The lowest BCUT2D eigenvalue weighted by atomic mass is 10.3. The van der Waals surface area contributed by atoms with E-state index in [1.165, 1.54) is 28.2 Å². The van der Waals surface area contributed by atoms with E-state index in [0.717, 1.165) is 11.8 Å². The predicted molar refractivity (Wildman–Crippen MR) is 131 cm³/mol. The minimum atomic E-state index is -3.96. The molecule has 1 heterocycles. The van der Waals surface area contributed by atoms with Crippen molar-refractivity contribution in [3.63, 3.8) is 0 Å². The highest BCUT2D eigenvalue weighted by atomic mass is 35.5. The Kier molecular flexibility index (Phi) is 6.92. The molecule has 3 aromatic carbocycles.